The zero-order chi connectivity index (χ0) is 14.4. The second kappa shape index (κ2) is 6.92. The molecule has 0 radical (unpaired) electrons. The molecule has 19 heavy (non-hydrogen) atoms. The number of carbonyl (C=O) groups excluding carboxylic acids is 2. The molecule has 0 saturated heterocycles. The summed E-state index contributed by atoms with van der Waals surface area (Å²) < 4.78 is 5.52. The lowest BCUT2D eigenvalue weighted by atomic mass is 10.0. The second-order valence-electron chi connectivity index (χ2n) is 4.53. The summed E-state index contributed by atoms with van der Waals surface area (Å²) in [6.07, 6.45) is 3.02. The first-order valence-electron chi connectivity index (χ1n) is 6.49. The van der Waals surface area contributed by atoms with Crippen LogP contribution in [0.1, 0.15) is 60.7 Å². The number of benzene rings is 1. The van der Waals surface area contributed by atoms with E-state index in [0.29, 0.717) is 17.9 Å². The van der Waals surface area contributed by atoms with Crippen LogP contribution < -0.4 is 4.74 Å². The van der Waals surface area contributed by atoms with Gasteiger partial charge in [-0.2, -0.15) is 0 Å². The van der Waals surface area contributed by atoms with Crippen LogP contribution in [0.3, 0.4) is 0 Å². The average molecular weight is 264 g/mol. The third kappa shape index (κ3) is 4.09. The van der Waals surface area contributed by atoms with E-state index in [4.69, 9.17) is 4.74 Å². The number of aromatic hydroxyl groups is 1. The van der Waals surface area contributed by atoms with Crippen LogP contribution in [0.5, 0.6) is 11.5 Å². The van der Waals surface area contributed by atoms with E-state index in [1.807, 2.05) is 0 Å². The Balaban J connectivity index is 2.99. The fourth-order valence-electron chi connectivity index (χ4n) is 1.78. The van der Waals surface area contributed by atoms with Crippen molar-refractivity contribution in [2.75, 3.05) is 6.61 Å². The van der Waals surface area contributed by atoms with Crippen LogP contribution in [-0.4, -0.2) is 23.3 Å². The number of carbonyl (C=O) groups is 2. The van der Waals surface area contributed by atoms with Crippen molar-refractivity contribution in [3.63, 3.8) is 0 Å². The zero-order valence-corrected chi connectivity index (χ0v) is 11.7. The van der Waals surface area contributed by atoms with Crippen molar-refractivity contribution < 1.29 is 19.4 Å². The van der Waals surface area contributed by atoms with Crippen LogP contribution in [0.15, 0.2) is 12.1 Å². The minimum atomic E-state index is -0.280. The van der Waals surface area contributed by atoms with Gasteiger partial charge in [-0.15, -0.1) is 0 Å². The number of phenolic OH excluding ortho intramolecular Hbond substituents is 1. The fraction of sp³-hybridized carbons (Fsp3) is 0.467. The predicted molar refractivity (Wildman–Crippen MR) is 73.1 cm³/mol. The third-order valence-electron chi connectivity index (χ3n) is 2.86. The van der Waals surface area contributed by atoms with Crippen molar-refractivity contribution >= 4 is 11.6 Å². The van der Waals surface area contributed by atoms with Crippen LogP contribution >= 0.6 is 0 Å². The molecule has 0 unspecified atom stereocenters. The number of ketones is 2. The molecule has 4 nitrogen and oxygen atoms in total. The lowest BCUT2D eigenvalue weighted by Crippen LogP contribution is -2.05. The van der Waals surface area contributed by atoms with Crippen LogP contribution in [-0.2, 0) is 0 Å². The summed E-state index contributed by atoms with van der Waals surface area (Å²) in [6, 6.07) is 2.74. The minimum absolute atomic E-state index is 0.145. The largest absolute Gasteiger partial charge is 0.507 e. The van der Waals surface area contributed by atoms with Gasteiger partial charge in [0, 0.05) is 6.07 Å². The van der Waals surface area contributed by atoms with Gasteiger partial charge in [0.1, 0.15) is 11.5 Å². The van der Waals surface area contributed by atoms with Gasteiger partial charge in [-0.05, 0) is 26.3 Å². The highest BCUT2D eigenvalue weighted by molar-refractivity contribution is 6.03. The third-order valence-corrected chi connectivity index (χ3v) is 2.86. The monoisotopic (exact) mass is 264 g/mol. The molecule has 1 N–H and O–H groups in total. The summed E-state index contributed by atoms with van der Waals surface area (Å²) in [4.78, 5) is 22.9. The number of phenols is 1. The summed E-state index contributed by atoms with van der Waals surface area (Å²) in [5.41, 5.74) is 0.477. The van der Waals surface area contributed by atoms with Gasteiger partial charge in [-0.1, -0.05) is 19.8 Å². The Labute approximate surface area is 113 Å². The molecular weight excluding hydrogens is 244 g/mol. The summed E-state index contributed by atoms with van der Waals surface area (Å²) in [5.74, 6) is -0.278. The maximum Gasteiger partial charge on any atom is 0.163 e. The zero-order valence-electron chi connectivity index (χ0n) is 11.7. The SMILES string of the molecule is CCCCCOc1cc(O)c(C(C)=O)cc1C(C)=O. The number of rotatable bonds is 7. The number of hydrogen-bond acceptors (Lipinski definition) is 4. The van der Waals surface area contributed by atoms with E-state index in [1.165, 1.54) is 26.0 Å². The van der Waals surface area contributed by atoms with Crippen molar-refractivity contribution in [1.29, 1.82) is 0 Å². The molecule has 0 aliphatic heterocycles. The molecule has 0 spiro atoms. The van der Waals surface area contributed by atoms with Gasteiger partial charge in [-0.25, -0.2) is 0 Å². The first-order valence-corrected chi connectivity index (χ1v) is 6.49. The van der Waals surface area contributed by atoms with Crippen LogP contribution in [0, 0.1) is 0 Å². The molecule has 0 heterocycles. The van der Waals surface area contributed by atoms with Crippen molar-refractivity contribution in [3.05, 3.63) is 23.3 Å². The highest BCUT2D eigenvalue weighted by Crippen LogP contribution is 2.29. The Morgan fingerprint density at radius 1 is 1.11 bits per heavy atom. The van der Waals surface area contributed by atoms with Gasteiger partial charge in [0.15, 0.2) is 11.6 Å². The lowest BCUT2D eigenvalue weighted by molar-refractivity contribution is 0.101. The second-order valence-corrected chi connectivity index (χ2v) is 4.53. The summed E-state index contributed by atoms with van der Waals surface area (Å²) in [5, 5.41) is 9.76. The normalized spacial score (nSPS) is 10.3. The molecule has 1 rings (SSSR count). The first-order chi connectivity index (χ1) is 8.97. The van der Waals surface area contributed by atoms with Crippen LogP contribution in [0.2, 0.25) is 0 Å². The average Bonchev–Trinajstić information content (AvgIpc) is 2.33. The van der Waals surface area contributed by atoms with Crippen LogP contribution in [0.25, 0.3) is 0 Å². The quantitative estimate of drug-likeness (QED) is 0.605. The predicted octanol–water partition coefficient (Wildman–Crippen LogP) is 3.37. The van der Waals surface area contributed by atoms with Crippen molar-refractivity contribution in [3.8, 4) is 11.5 Å². The van der Waals surface area contributed by atoms with E-state index in [9.17, 15) is 14.7 Å². The standard InChI is InChI=1S/C15H20O4/c1-4-5-6-7-19-15-9-14(18)12(10(2)16)8-13(15)11(3)17/h8-9,18H,4-7H2,1-3H3. The maximum atomic E-state index is 11.6. The van der Waals surface area contributed by atoms with Gasteiger partial charge >= 0.3 is 0 Å². The minimum Gasteiger partial charge on any atom is -0.507 e. The molecule has 0 aliphatic carbocycles. The van der Waals surface area contributed by atoms with E-state index >= 15 is 0 Å². The number of ether oxygens (including phenoxy) is 1. The van der Waals surface area contributed by atoms with Gasteiger partial charge in [0.25, 0.3) is 0 Å². The fourth-order valence-corrected chi connectivity index (χ4v) is 1.78. The van der Waals surface area contributed by atoms with E-state index in [2.05, 4.69) is 6.92 Å². The Morgan fingerprint density at radius 3 is 2.26 bits per heavy atom. The summed E-state index contributed by atoms with van der Waals surface area (Å²) in [7, 11) is 0. The lowest BCUT2D eigenvalue weighted by Gasteiger charge is -2.12. The van der Waals surface area contributed by atoms with Gasteiger partial charge in [-0.3, -0.25) is 9.59 Å². The molecule has 104 valence electrons. The Bertz CT molecular complexity index is 477. The molecule has 0 saturated carbocycles. The molecule has 1 aromatic rings. The van der Waals surface area contributed by atoms with E-state index in [1.54, 1.807) is 0 Å². The Hall–Kier alpha value is -1.84. The highest BCUT2D eigenvalue weighted by Gasteiger charge is 2.16. The number of unbranched alkanes of at least 4 members (excludes halogenated alkanes) is 2. The van der Waals surface area contributed by atoms with E-state index in [0.717, 1.165) is 19.3 Å². The molecule has 4 heteroatoms. The van der Waals surface area contributed by atoms with Gasteiger partial charge < -0.3 is 9.84 Å². The molecule has 0 aromatic heterocycles. The molecule has 0 amide bonds. The maximum absolute atomic E-state index is 11.6. The molecule has 0 bridgehead atoms. The van der Waals surface area contributed by atoms with Crippen molar-refractivity contribution in [1.82, 2.24) is 0 Å². The molecule has 0 atom stereocenters. The van der Waals surface area contributed by atoms with Crippen LogP contribution in [0.4, 0.5) is 0 Å². The van der Waals surface area contributed by atoms with Crippen molar-refractivity contribution in [2.45, 2.75) is 40.0 Å². The summed E-state index contributed by atoms with van der Waals surface area (Å²) >= 11 is 0. The van der Waals surface area contributed by atoms with Gasteiger partial charge in [0.2, 0.25) is 0 Å². The Morgan fingerprint density at radius 2 is 1.74 bits per heavy atom. The smallest absolute Gasteiger partial charge is 0.163 e. The highest BCUT2D eigenvalue weighted by atomic mass is 16.5. The Kier molecular flexibility index (Phi) is 5.55. The van der Waals surface area contributed by atoms with Crippen molar-refractivity contribution in [2.24, 2.45) is 0 Å². The first kappa shape index (κ1) is 15.2. The van der Waals surface area contributed by atoms with E-state index in [-0.39, 0.29) is 22.9 Å². The van der Waals surface area contributed by atoms with Gasteiger partial charge in [0.05, 0.1) is 17.7 Å². The molecule has 1 aromatic carbocycles. The molecule has 0 fully saturated rings. The summed E-state index contributed by atoms with van der Waals surface area (Å²) in [6.45, 7) is 5.34. The molecule has 0 aliphatic rings. The number of hydrogen-bond donors (Lipinski definition) is 1. The molecular formula is C15H20O4. The number of Topliss-reactive ketones (excluding diaryl/α,β-unsaturated/α-hetero) is 2. The topological polar surface area (TPSA) is 63.6 Å². The van der Waals surface area contributed by atoms with E-state index < -0.39 is 0 Å².